The standard InChI is InChI=1S/C20H16N4O/c1-14-5-4-10-24-13-18(23-19(14)24)15-6-2-8-17(11-15)22-20(25)16-7-3-9-21-12-16/h2-13H,1H3,(H,22,25). The Kier molecular flexibility index (Phi) is 3.74. The second kappa shape index (κ2) is 6.20. The number of pyridine rings is 2. The number of rotatable bonds is 3. The Morgan fingerprint density at radius 1 is 1.12 bits per heavy atom. The number of fused-ring (bicyclic) bond motifs is 1. The van der Waals surface area contributed by atoms with Crippen molar-refractivity contribution in [3.63, 3.8) is 0 Å². The maximum absolute atomic E-state index is 12.3. The Balaban J connectivity index is 1.64. The van der Waals surface area contributed by atoms with Gasteiger partial charge in [-0.1, -0.05) is 18.2 Å². The van der Waals surface area contributed by atoms with Gasteiger partial charge < -0.3 is 9.72 Å². The minimum absolute atomic E-state index is 0.184. The molecule has 0 saturated carbocycles. The van der Waals surface area contributed by atoms with Gasteiger partial charge in [-0.25, -0.2) is 4.98 Å². The summed E-state index contributed by atoms with van der Waals surface area (Å²) in [5, 5.41) is 2.90. The topological polar surface area (TPSA) is 59.3 Å². The number of nitrogens with zero attached hydrogens (tertiary/aromatic N) is 3. The lowest BCUT2D eigenvalue weighted by Gasteiger charge is -2.06. The van der Waals surface area contributed by atoms with Gasteiger partial charge in [0.15, 0.2) is 0 Å². The normalized spacial score (nSPS) is 10.8. The molecular formula is C20H16N4O. The minimum atomic E-state index is -0.184. The smallest absolute Gasteiger partial charge is 0.257 e. The van der Waals surface area contributed by atoms with Crippen LogP contribution in [0.4, 0.5) is 5.69 Å². The fraction of sp³-hybridized carbons (Fsp3) is 0.0500. The lowest BCUT2D eigenvalue weighted by Crippen LogP contribution is -2.11. The fourth-order valence-corrected chi connectivity index (χ4v) is 2.75. The van der Waals surface area contributed by atoms with Gasteiger partial charge in [0.25, 0.3) is 5.91 Å². The van der Waals surface area contributed by atoms with E-state index >= 15 is 0 Å². The van der Waals surface area contributed by atoms with Crippen molar-refractivity contribution in [1.29, 1.82) is 0 Å². The quantitative estimate of drug-likeness (QED) is 0.619. The van der Waals surface area contributed by atoms with Crippen LogP contribution in [0.25, 0.3) is 16.9 Å². The molecule has 1 N–H and O–H groups in total. The van der Waals surface area contributed by atoms with E-state index in [2.05, 4.69) is 10.3 Å². The molecule has 0 fully saturated rings. The van der Waals surface area contributed by atoms with E-state index in [-0.39, 0.29) is 5.91 Å². The summed E-state index contributed by atoms with van der Waals surface area (Å²) in [7, 11) is 0. The van der Waals surface area contributed by atoms with E-state index < -0.39 is 0 Å². The van der Waals surface area contributed by atoms with Crippen molar-refractivity contribution in [2.24, 2.45) is 0 Å². The number of carbonyl (C=O) groups excluding carboxylic acids is 1. The zero-order chi connectivity index (χ0) is 17.2. The molecule has 0 radical (unpaired) electrons. The largest absolute Gasteiger partial charge is 0.322 e. The van der Waals surface area contributed by atoms with Gasteiger partial charge in [0.05, 0.1) is 11.3 Å². The molecule has 122 valence electrons. The molecule has 0 atom stereocenters. The Labute approximate surface area is 145 Å². The van der Waals surface area contributed by atoms with Gasteiger partial charge in [-0.15, -0.1) is 0 Å². The number of imidazole rings is 1. The van der Waals surface area contributed by atoms with Gasteiger partial charge >= 0.3 is 0 Å². The summed E-state index contributed by atoms with van der Waals surface area (Å²) in [6.07, 6.45) is 7.16. The molecule has 0 bridgehead atoms. The van der Waals surface area contributed by atoms with Gasteiger partial charge in [-0.05, 0) is 42.8 Å². The molecule has 0 aliphatic heterocycles. The van der Waals surface area contributed by atoms with E-state index in [1.54, 1.807) is 24.5 Å². The first-order chi connectivity index (χ1) is 12.2. The van der Waals surface area contributed by atoms with Crippen LogP contribution in [0.15, 0.2) is 73.3 Å². The van der Waals surface area contributed by atoms with Crippen LogP contribution in [0.3, 0.4) is 0 Å². The monoisotopic (exact) mass is 328 g/mol. The van der Waals surface area contributed by atoms with Crippen LogP contribution in [0.5, 0.6) is 0 Å². The van der Waals surface area contributed by atoms with Crippen molar-refractivity contribution in [3.8, 4) is 11.3 Å². The van der Waals surface area contributed by atoms with Crippen LogP contribution in [-0.2, 0) is 0 Å². The molecule has 1 aromatic carbocycles. The van der Waals surface area contributed by atoms with Gasteiger partial charge in [0.2, 0.25) is 0 Å². The molecule has 0 saturated heterocycles. The number of nitrogens with one attached hydrogen (secondary N) is 1. The van der Waals surface area contributed by atoms with Crippen LogP contribution in [-0.4, -0.2) is 20.3 Å². The molecule has 4 rings (SSSR count). The number of carbonyl (C=O) groups is 1. The second-order valence-corrected chi connectivity index (χ2v) is 5.82. The maximum Gasteiger partial charge on any atom is 0.257 e. The second-order valence-electron chi connectivity index (χ2n) is 5.82. The summed E-state index contributed by atoms with van der Waals surface area (Å²) in [5.74, 6) is -0.184. The fourth-order valence-electron chi connectivity index (χ4n) is 2.75. The first-order valence-electron chi connectivity index (χ1n) is 7.97. The lowest BCUT2D eigenvalue weighted by molar-refractivity contribution is 0.102. The lowest BCUT2D eigenvalue weighted by atomic mass is 10.1. The average Bonchev–Trinajstić information content (AvgIpc) is 3.08. The van der Waals surface area contributed by atoms with Gasteiger partial charge in [-0.3, -0.25) is 9.78 Å². The number of aryl methyl sites for hydroxylation is 1. The molecule has 25 heavy (non-hydrogen) atoms. The van der Waals surface area contributed by atoms with E-state index in [1.165, 1.54) is 0 Å². The van der Waals surface area contributed by atoms with E-state index in [1.807, 2.05) is 60.1 Å². The van der Waals surface area contributed by atoms with Crippen molar-refractivity contribution in [2.75, 3.05) is 5.32 Å². The van der Waals surface area contributed by atoms with Crippen molar-refractivity contribution >= 4 is 17.2 Å². The summed E-state index contributed by atoms with van der Waals surface area (Å²) in [4.78, 5) is 20.9. The molecule has 0 spiro atoms. The number of anilines is 1. The van der Waals surface area contributed by atoms with Gasteiger partial charge in [-0.2, -0.15) is 0 Å². The molecule has 5 heteroatoms. The zero-order valence-corrected chi connectivity index (χ0v) is 13.7. The highest BCUT2D eigenvalue weighted by molar-refractivity contribution is 6.04. The first-order valence-corrected chi connectivity index (χ1v) is 7.97. The van der Waals surface area contributed by atoms with Crippen LogP contribution < -0.4 is 5.32 Å². The highest BCUT2D eigenvalue weighted by Crippen LogP contribution is 2.23. The molecule has 0 aliphatic rings. The summed E-state index contributed by atoms with van der Waals surface area (Å²) in [6.45, 7) is 2.04. The molecule has 3 heterocycles. The molecule has 5 nitrogen and oxygen atoms in total. The zero-order valence-electron chi connectivity index (χ0n) is 13.7. The molecule has 0 unspecified atom stereocenters. The maximum atomic E-state index is 12.3. The van der Waals surface area contributed by atoms with Crippen LogP contribution in [0.2, 0.25) is 0 Å². The Morgan fingerprint density at radius 3 is 2.84 bits per heavy atom. The molecular weight excluding hydrogens is 312 g/mol. The van der Waals surface area contributed by atoms with Crippen LogP contribution in [0.1, 0.15) is 15.9 Å². The van der Waals surface area contributed by atoms with Crippen LogP contribution in [0, 0.1) is 6.92 Å². The number of benzene rings is 1. The Hall–Kier alpha value is -3.47. The third-order valence-electron chi connectivity index (χ3n) is 4.02. The molecule has 0 aliphatic carbocycles. The Morgan fingerprint density at radius 2 is 2.04 bits per heavy atom. The highest BCUT2D eigenvalue weighted by atomic mass is 16.1. The summed E-state index contributed by atoms with van der Waals surface area (Å²) >= 11 is 0. The van der Waals surface area contributed by atoms with E-state index in [9.17, 15) is 4.79 Å². The average molecular weight is 328 g/mol. The van der Waals surface area contributed by atoms with E-state index in [0.717, 1.165) is 28.2 Å². The summed E-state index contributed by atoms with van der Waals surface area (Å²) in [6, 6.07) is 15.2. The summed E-state index contributed by atoms with van der Waals surface area (Å²) < 4.78 is 2.01. The van der Waals surface area contributed by atoms with E-state index in [0.29, 0.717) is 5.56 Å². The SMILES string of the molecule is Cc1cccn2cc(-c3cccc(NC(=O)c4cccnc4)c3)nc12. The number of hydrogen-bond donors (Lipinski definition) is 1. The molecule has 4 aromatic rings. The first kappa shape index (κ1) is 15.1. The molecule has 1 amide bonds. The van der Waals surface area contributed by atoms with E-state index in [4.69, 9.17) is 4.98 Å². The third-order valence-corrected chi connectivity index (χ3v) is 4.02. The third kappa shape index (κ3) is 2.99. The molecule has 3 aromatic heterocycles. The highest BCUT2D eigenvalue weighted by Gasteiger charge is 2.09. The summed E-state index contributed by atoms with van der Waals surface area (Å²) in [5.41, 5.74) is 5.12. The van der Waals surface area contributed by atoms with Crippen LogP contribution >= 0.6 is 0 Å². The van der Waals surface area contributed by atoms with Crippen molar-refractivity contribution in [2.45, 2.75) is 6.92 Å². The number of hydrogen-bond acceptors (Lipinski definition) is 3. The predicted molar refractivity (Wildman–Crippen MR) is 97.6 cm³/mol. The van der Waals surface area contributed by atoms with Crippen molar-refractivity contribution in [1.82, 2.24) is 14.4 Å². The van der Waals surface area contributed by atoms with Gasteiger partial charge in [0.1, 0.15) is 5.65 Å². The number of amides is 1. The number of aromatic nitrogens is 3. The van der Waals surface area contributed by atoms with Crippen molar-refractivity contribution < 1.29 is 4.79 Å². The minimum Gasteiger partial charge on any atom is -0.322 e. The van der Waals surface area contributed by atoms with Crippen molar-refractivity contribution in [3.05, 3.63) is 84.4 Å². The van der Waals surface area contributed by atoms with Gasteiger partial charge in [0, 0.05) is 36.0 Å². The Bertz CT molecular complexity index is 1050. The predicted octanol–water partition coefficient (Wildman–Crippen LogP) is 3.96.